The Balaban J connectivity index is 1.64. The molecule has 1 unspecified atom stereocenters. The van der Waals surface area contributed by atoms with Gasteiger partial charge in [0.25, 0.3) is 0 Å². The Morgan fingerprint density at radius 2 is 1.31 bits per heavy atom. The van der Waals surface area contributed by atoms with E-state index < -0.39 is 52.6 Å². The van der Waals surface area contributed by atoms with Gasteiger partial charge in [-0.05, 0) is 85.3 Å². The van der Waals surface area contributed by atoms with Gasteiger partial charge in [-0.15, -0.1) is 0 Å². The van der Waals surface area contributed by atoms with E-state index in [1.165, 1.54) is 0 Å². The third-order valence-corrected chi connectivity index (χ3v) is 10.6. The zero-order valence-electron chi connectivity index (χ0n) is 34.9. The molecule has 306 valence electrons. The second-order valence-corrected chi connectivity index (χ2v) is 17.2. The van der Waals surface area contributed by atoms with Crippen molar-refractivity contribution in [1.29, 1.82) is 0 Å². The van der Waals surface area contributed by atoms with Gasteiger partial charge in [-0.1, -0.05) is 149 Å². The summed E-state index contributed by atoms with van der Waals surface area (Å²) in [5.74, 6) is 1.33. The monoisotopic (exact) mass is 785 g/mol. The van der Waals surface area contributed by atoms with Crippen molar-refractivity contribution in [1.82, 2.24) is 10.7 Å². The average Bonchev–Trinajstić information content (AvgIpc) is 3.51. The molecule has 4 N–H and O–H groups in total. The number of carbonyl (C=O) groups excluding carboxylic acids is 4. The fourth-order valence-corrected chi connectivity index (χ4v) is 8.39. The van der Waals surface area contributed by atoms with Gasteiger partial charge in [0, 0.05) is 5.92 Å². The van der Waals surface area contributed by atoms with E-state index in [1.54, 1.807) is 26.8 Å². The Kier molecular flexibility index (Phi) is 14.5. The van der Waals surface area contributed by atoms with Crippen LogP contribution in [0.3, 0.4) is 0 Å². The number of esters is 1. The molecule has 9 nitrogen and oxygen atoms in total. The normalized spacial score (nSPS) is 15.2. The van der Waals surface area contributed by atoms with E-state index in [-0.39, 0.29) is 43.6 Å². The summed E-state index contributed by atoms with van der Waals surface area (Å²) in [5, 5.41) is 2.96. The molecular formula is C49H59N3O6. The largest absolute Gasteiger partial charge is 0.460 e. The highest BCUT2D eigenvalue weighted by atomic mass is 16.6. The van der Waals surface area contributed by atoms with Gasteiger partial charge in [-0.2, -0.15) is 0 Å². The summed E-state index contributed by atoms with van der Waals surface area (Å²) in [6.45, 7) is 13.1. The van der Waals surface area contributed by atoms with Crippen LogP contribution >= 0.6 is 0 Å². The molecule has 1 aliphatic rings. The number of hydrogen-bond acceptors (Lipinski definition) is 7. The molecule has 0 heterocycles. The van der Waals surface area contributed by atoms with Crippen molar-refractivity contribution in [3.63, 3.8) is 0 Å². The predicted octanol–water partition coefficient (Wildman–Crippen LogP) is 9.06. The first-order valence-corrected chi connectivity index (χ1v) is 20.3. The average molecular weight is 786 g/mol. The number of amides is 2. The number of fused-ring (bicyclic) bond motifs is 3. The molecule has 0 bridgehead atoms. The minimum atomic E-state index is -1.67. The van der Waals surface area contributed by atoms with Gasteiger partial charge in [-0.3, -0.25) is 19.8 Å². The maximum Gasteiger partial charge on any atom is 0.407 e. The summed E-state index contributed by atoms with van der Waals surface area (Å²) >= 11 is 0. The first-order valence-electron chi connectivity index (χ1n) is 20.3. The minimum Gasteiger partial charge on any atom is -0.460 e. The molecule has 58 heavy (non-hydrogen) atoms. The van der Waals surface area contributed by atoms with Gasteiger partial charge in [0.2, 0.25) is 5.91 Å². The van der Waals surface area contributed by atoms with Crippen LogP contribution in [0.4, 0.5) is 4.79 Å². The number of hydrogen-bond donors (Lipinski definition) is 3. The van der Waals surface area contributed by atoms with Crippen molar-refractivity contribution < 1.29 is 28.7 Å². The molecule has 0 radical (unpaired) electrons. The lowest BCUT2D eigenvalue weighted by molar-refractivity contribution is -0.172. The van der Waals surface area contributed by atoms with Crippen LogP contribution in [-0.2, 0) is 30.3 Å². The molecule has 0 saturated carbocycles. The van der Waals surface area contributed by atoms with Gasteiger partial charge < -0.3 is 14.8 Å². The molecule has 5 rings (SSSR count). The van der Waals surface area contributed by atoms with Crippen LogP contribution in [0, 0.1) is 29.1 Å². The number of carbonyl (C=O) groups is 4. The van der Waals surface area contributed by atoms with Crippen molar-refractivity contribution in [2.45, 2.75) is 85.3 Å². The number of allylic oxidation sites excluding steroid dienone is 1. The number of nitrogens with one attached hydrogen (secondary N) is 2. The molecule has 1 aliphatic carbocycles. The van der Waals surface area contributed by atoms with Crippen LogP contribution in [0.2, 0.25) is 0 Å². The van der Waals surface area contributed by atoms with Gasteiger partial charge >= 0.3 is 12.1 Å². The number of rotatable bonds is 17. The van der Waals surface area contributed by atoms with Crippen LogP contribution in [0.5, 0.6) is 0 Å². The Hall–Kier alpha value is -5.54. The van der Waals surface area contributed by atoms with Crippen LogP contribution < -0.4 is 16.6 Å². The number of alkyl carbamates (subject to hydrolysis) is 1. The molecule has 0 saturated heterocycles. The fraction of sp³-hybridized carbons (Fsp3) is 0.388. The predicted molar refractivity (Wildman–Crippen MR) is 229 cm³/mol. The van der Waals surface area contributed by atoms with Gasteiger partial charge in [0.05, 0.1) is 23.3 Å². The second-order valence-electron chi connectivity index (χ2n) is 17.2. The first-order chi connectivity index (χ1) is 27.6. The smallest absolute Gasteiger partial charge is 0.407 e. The van der Waals surface area contributed by atoms with Crippen molar-refractivity contribution in [3.8, 4) is 11.1 Å². The van der Waals surface area contributed by atoms with Crippen molar-refractivity contribution in [3.05, 3.63) is 138 Å². The van der Waals surface area contributed by atoms with E-state index >= 15 is 4.79 Å². The first kappa shape index (κ1) is 43.6. The molecule has 0 spiro atoms. The lowest BCUT2D eigenvalue weighted by atomic mass is 9.60. The Labute approximate surface area is 343 Å². The molecule has 0 fully saturated rings. The number of ketones is 1. The zero-order valence-corrected chi connectivity index (χ0v) is 34.9. The Morgan fingerprint density at radius 3 is 1.84 bits per heavy atom. The van der Waals surface area contributed by atoms with Crippen LogP contribution in [-0.4, -0.2) is 42.0 Å². The molecule has 2 amide bonds. The molecule has 4 atom stereocenters. The topological polar surface area (TPSA) is 137 Å². The Morgan fingerprint density at radius 1 is 0.759 bits per heavy atom. The summed E-state index contributed by atoms with van der Waals surface area (Å²) in [5.41, 5.74) is 5.57. The Bertz CT molecular complexity index is 2010. The number of nitrogens with two attached hydrogens (primary N) is 1. The molecule has 4 aromatic rings. The molecule has 0 aromatic heterocycles. The maximum atomic E-state index is 16.0. The highest BCUT2D eigenvalue weighted by Crippen LogP contribution is 2.47. The summed E-state index contributed by atoms with van der Waals surface area (Å²) in [6.07, 6.45) is 3.30. The molecule has 9 heteroatoms. The summed E-state index contributed by atoms with van der Waals surface area (Å²) in [4.78, 5) is 58.9. The van der Waals surface area contributed by atoms with Crippen molar-refractivity contribution in [2.75, 3.05) is 6.61 Å². The highest BCUT2D eigenvalue weighted by Gasteiger charge is 2.55. The highest BCUT2D eigenvalue weighted by molar-refractivity contribution is 6.00. The van der Waals surface area contributed by atoms with E-state index in [9.17, 15) is 14.4 Å². The summed E-state index contributed by atoms with van der Waals surface area (Å²) < 4.78 is 12.1. The SMILES string of the molecule is CC(C)C[C@@H](C(=O)NN)[C@H](C(=O)OC(C)(C)C)C(/C=C/c1ccccc1)(CC(C)C)C(=O)[C@@H](Cc1ccccc1)NC(=O)OCC1c2ccccc2-c2ccccc21. The van der Waals surface area contributed by atoms with Gasteiger partial charge in [-0.25, -0.2) is 10.6 Å². The molecule has 4 aromatic carbocycles. The standard InChI is InChI=1S/C49H59N3O6/c1-32(2)28-40(45(54)52-50)43(46(55)58-48(5,6)7)49(30-33(3)4,27-26-34-18-10-8-11-19-34)44(53)42(29-35-20-12-9-13-21-35)51-47(56)57-31-41-38-24-16-14-22-36(38)37-23-15-17-25-39(37)41/h8-27,32-33,40-43H,28-31,50H2,1-7H3,(H,51,56)(H,52,54)/b27-26+/t40-,42-,43-,49?/m1/s1. The van der Waals surface area contributed by atoms with Crippen LogP contribution in [0.1, 0.15) is 89.5 Å². The minimum absolute atomic E-state index is 0.0465. The van der Waals surface area contributed by atoms with E-state index in [4.69, 9.17) is 15.3 Å². The second kappa shape index (κ2) is 19.3. The fourth-order valence-electron chi connectivity index (χ4n) is 8.39. The zero-order chi connectivity index (χ0) is 42.0. The van der Waals surface area contributed by atoms with E-state index in [0.29, 0.717) is 0 Å². The number of Topliss-reactive ketones (excluding diaryl/α,β-unsaturated/α-hetero) is 1. The van der Waals surface area contributed by atoms with Gasteiger partial charge in [0.1, 0.15) is 12.2 Å². The lowest BCUT2D eigenvalue weighted by Crippen LogP contribution is -2.57. The third-order valence-electron chi connectivity index (χ3n) is 10.6. The van der Waals surface area contributed by atoms with E-state index in [0.717, 1.165) is 33.4 Å². The summed E-state index contributed by atoms with van der Waals surface area (Å²) in [6, 6.07) is 33.9. The maximum absolute atomic E-state index is 16.0. The summed E-state index contributed by atoms with van der Waals surface area (Å²) in [7, 11) is 0. The number of ether oxygens (including phenoxy) is 2. The van der Waals surface area contributed by atoms with Gasteiger partial charge in [0.15, 0.2) is 5.78 Å². The van der Waals surface area contributed by atoms with Crippen LogP contribution in [0.25, 0.3) is 17.2 Å². The molecular weight excluding hydrogens is 727 g/mol. The quantitative estimate of drug-likeness (QED) is 0.0421. The van der Waals surface area contributed by atoms with Crippen molar-refractivity contribution in [2.24, 2.45) is 34.9 Å². The number of hydrazine groups is 1. The lowest BCUT2D eigenvalue weighted by Gasteiger charge is -2.43. The molecule has 0 aliphatic heterocycles. The van der Waals surface area contributed by atoms with E-state index in [2.05, 4.69) is 22.9 Å². The van der Waals surface area contributed by atoms with E-state index in [1.807, 2.05) is 131 Å². The van der Waals surface area contributed by atoms with Crippen molar-refractivity contribution >= 4 is 29.8 Å². The van der Waals surface area contributed by atoms with Crippen LogP contribution in [0.15, 0.2) is 115 Å². The third kappa shape index (κ3) is 10.7. The number of benzene rings is 4.